The lowest BCUT2D eigenvalue weighted by Gasteiger charge is -2.56. The topological polar surface area (TPSA) is 229 Å². The first kappa shape index (κ1) is 32.7. The van der Waals surface area contributed by atoms with Gasteiger partial charge in [-0.2, -0.15) is 0 Å². The van der Waals surface area contributed by atoms with Crippen LogP contribution in [0.25, 0.3) is 0 Å². The molecule has 5 N–H and O–H groups in total. The first-order chi connectivity index (χ1) is 22.1. The molecule has 2 saturated heterocycles. The Morgan fingerprint density at radius 3 is 2.54 bits per heavy atom. The molecule has 1 unspecified atom stereocenters. The van der Waals surface area contributed by atoms with E-state index in [0.29, 0.717) is 9.91 Å². The summed E-state index contributed by atoms with van der Waals surface area (Å²) in [5.74, 6) is -4.90. The Hall–Kier alpha value is -4.69. The highest BCUT2D eigenvalue weighted by atomic mass is 32.2. The van der Waals surface area contributed by atoms with Gasteiger partial charge in [0.25, 0.3) is 11.8 Å². The van der Waals surface area contributed by atoms with Crippen LogP contribution in [-0.4, -0.2) is 120 Å². The first-order valence-corrected chi connectivity index (χ1v) is 16.5. The maximum atomic E-state index is 14.1. The van der Waals surface area contributed by atoms with Crippen molar-refractivity contribution < 1.29 is 38.7 Å². The number of nitrogens with two attached hydrogens (primary N) is 1. The molecule has 3 aliphatic heterocycles. The summed E-state index contributed by atoms with van der Waals surface area (Å²) in [6.45, 7) is 1.98. The Balaban J connectivity index is 1.45. The summed E-state index contributed by atoms with van der Waals surface area (Å²) in [5, 5.41) is 23.4. The zero-order valence-electron chi connectivity index (χ0n) is 24.0. The quantitative estimate of drug-likeness (QED) is 0.0640. The van der Waals surface area contributed by atoms with E-state index >= 15 is 0 Å². The summed E-state index contributed by atoms with van der Waals surface area (Å²) in [5.41, 5.74) is 3.85. The number of aliphatic carboxylic acids is 1. The van der Waals surface area contributed by atoms with Gasteiger partial charge in [-0.15, -0.1) is 22.0 Å². The maximum absolute atomic E-state index is 14.1. The Morgan fingerprint density at radius 1 is 1.20 bits per heavy atom. The number of carbonyl (C=O) groups excluding carboxylic acids is 6. The fraction of sp³-hybridized carbons (Fsp3) is 0.346. The number of rotatable bonds is 13. The molecule has 3 atom stereocenters. The van der Waals surface area contributed by atoms with Crippen LogP contribution in [0, 0.1) is 0 Å². The molecule has 0 aliphatic carbocycles. The summed E-state index contributed by atoms with van der Waals surface area (Å²) in [6.07, 6.45) is 0.432. The number of nitrogens with one attached hydrogen (secondary N) is 2. The predicted molar refractivity (Wildman–Crippen MR) is 164 cm³/mol. The number of carboxylic acids is 1. The molecule has 6 amide bonds. The summed E-state index contributed by atoms with van der Waals surface area (Å²) >= 11 is 3.42. The van der Waals surface area contributed by atoms with Crippen molar-refractivity contribution in [3.63, 3.8) is 0 Å². The van der Waals surface area contributed by atoms with Gasteiger partial charge in [0.1, 0.15) is 11.1 Å². The minimum atomic E-state index is -2.10. The van der Waals surface area contributed by atoms with Crippen molar-refractivity contribution >= 4 is 82.4 Å². The number of hydrazine groups is 1. The van der Waals surface area contributed by atoms with Gasteiger partial charge < -0.3 is 26.4 Å². The number of likely N-dealkylation sites (N-methyl/N-ethyl adjacent to an activating group) is 1. The molecule has 0 saturated carbocycles. The van der Waals surface area contributed by atoms with Gasteiger partial charge in [-0.25, -0.2) is 14.8 Å². The number of thioether (sulfide) groups is 2. The lowest BCUT2D eigenvalue weighted by Crippen LogP contribution is -2.85. The zero-order chi connectivity index (χ0) is 33.2. The Morgan fingerprint density at radius 2 is 1.93 bits per heavy atom. The third-order valence-corrected chi connectivity index (χ3v) is 10.8. The SMILES string of the molecule is CCN1CCN(N(C=O)C(C(=O)N[C@]2(NC=O)C(=O)N3C(C(=O)O)=C(CSc4nnc(N)s4)CS[C@H]32)c2ccccc2)C(=O)C1=O. The van der Waals surface area contributed by atoms with Crippen molar-refractivity contribution in [3.8, 4) is 0 Å². The largest absolute Gasteiger partial charge is 0.477 e. The van der Waals surface area contributed by atoms with Crippen LogP contribution in [0.15, 0.2) is 45.9 Å². The van der Waals surface area contributed by atoms with E-state index in [1.807, 2.05) is 0 Å². The van der Waals surface area contributed by atoms with Crippen molar-refractivity contribution in [1.82, 2.24) is 40.6 Å². The number of anilines is 1. The van der Waals surface area contributed by atoms with Crippen molar-refractivity contribution in [2.24, 2.45) is 0 Å². The van der Waals surface area contributed by atoms with Gasteiger partial charge in [-0.3, -0.25) is 33.7 Å². The number of hydrogen-bond donors (Lipinski definition) is 4. The monoisotopic (exact) mass is 689 g/mol. The highest BCUT2D eigenvalue weighted by Crippen LogP contribution is 2.46. The fourth-order valence-corrected chi connectivity index (χ4v) is 8.50. The van der Waals surface area contributed by atoms with Crippen LogP contribution in [-0.2, 0) is 33.6 Å². The van der Waals surface area contributed by atoms with Crippen LogP contribution in [0.1, 0.15) is 18.5 Å². The van der Waals surface area contributed by atoms with E-state index in [4.69, 9.17) is 5.73 Å². The molecule has 5 rings (SSSR count). The van der Waals surface area contributed by atoms with E-state index in [1.54, 1.807) is 25.1 Å². The number of fused-ring (bicyclic) bond motifs is 1. The molecule has 0 spiro atoms. The Bertz CT molecular complexity index is 1620. The molecule has 1 aromatic heterocycles. The fourth-order valence-electron chi connectivity index (χ4n) is 5.30. The van der Waals surface area contributed by atoms with Crippen LogP contribution in [0.3, 0.4) is 0 Å². The number of carboxylic acid groups (broad SMARTS) is 1. The number of β-lactam (4-membered cyclic amide) rings is 1. The molecule has 20 heteroatoms. The van der Waals surface area contributed by atoms with Crippen molar-refractivity contribution in [2.75, 3.05) is 36.9 Å². The highest BCUT2D eigenvalue weighted by molar-refractivity contribution is 8.02. The molecule has 2 aromatic rings. The van der Waals surface area contributed by atoms with E-state index in [0.717, 1.165) is 38.0 Å². The van der Waals surface area contributed by atoms with Gasteiger partial charge in [0, 0.05) is 24.6 Å². The normalized spacial score (nSPS) is 21.7. The second-order valence-corrected chi connectivity index (χ2v) is 13.3. The van der Waals surface area contributed by atoms with Crippen molar-refractivity contribution in [3.05, 3.63) is 47.2 Å². The predicted octanol–water partition coefficient (Wildman–Crippen LogP) is -1.17. The highest BCUT2D eigenvalue weighted by Gasteiger charge is 2.66. The average Bonchev–Trinajstić information content (AvgIpc) is 3.48. The summed E-state index contributed by atoms with van der Waals surface area (Å²) in [7, 11) is 0. The minimum absolute atomic E-state index is 0.0894. The van der Waals surface area contributed by atoms with E-state index in [1.165, 1.54) is 28.8 Å². The number of amides is 6. The summed E-state index contributed by atoms with van der Waals surface area (Å²) in [4.78, 5) is 92.6. The number of piperazine rings is 1. The van der Waals surface area contributed by atoms with E-state index in [9.17, 15) is 38.7 Å². The average molecular weight is 690 g/mol. The maximum Gasteiger partial charge on any atom is 0.352 e. The zero-order valence-corrected chi connectivity index (χ0v) is 26.5. The smallest absolute Gasteiger partial charge is 0.352 e. The van der Waals surface area contributed by atoms with E-state index < -0.39 is 46.7 Å². The van der Waals surface area contributed by atoms with Crippen LogP contribution < -0.4 is 16.4 Å². The van der Waals surface area contributed by atoms with Gasteiger partial charge in [0.05, 0.1) is 6.54 Å². The second kappa shape index (κ2) is 13.3. The second-order valence-electron chi connectivity index (χ2n) is 9.96. The molecule has 0 bridgehead atoms. The lowest BCUT2D eigenvalue weighted by atomic mass is 9.94. The molecule has 1 aromatic carbocycles. The number of carbonyl (C=O) groups is 7. The van der Waals surface area contributed by atoms with Gasteiger partial charge >= 0.3 is 17.8 Å². The van der Waals surface area contributed by atoms with Gasteiger partial charge in [0.2, 0.25) is 23.6 Å². The molecule has 242 valence electrons. The standard InChI is InChI=1S/C26H27N9O8S3/c1-2-32-8-9-33(20(40)19(32)39)34(13-37)16(14-6-4-3-5-7-14)18(38)29-26(28-12-36)22(43)35-17(21(41)42)15(10-44-23(26)35)11-45-25-31-30-24(27)46-25/h3-7,12-13,16,23H,2,8-11H2,1H3,(H2,27,30)(H,28,36)(H,29,38)(H,41,42)/t16?,23-,26+/m0/s1. The molecule has 3 aliphatic rings. The van der Waals surface area contributed by atoms with Crippen molar-refractivity contribution in [2.45, 2.75) is 28.3 Å². The third-order valence-electron chi connectivity index (χ3n) is 7.44. The van der Waals surface area contributed by atoms with Gasteiger partial charge in [-0.1, -0.05) is 53.4 Å². The molecular weight excluding hydrogens is 663 g/mol. The van der Waals surface area contributed by atoms with Crippen molar-refractivity contribution in [1.29, 1.82) is 0 Å². The number of nitrogen functional groups attached to an aromatic ring is 1. The minimum Gasteiger partial charge on any atom is -0.477 e. The van der Waals surface area contributed by atoms with Crippen LogP contribution >= 0.6 is 34.9 Å². The summed E-state index contributed by atoms with van der Waals surface area (Å²) in [6, 6.07) is 6.31. The lowest BCUT2D eigenvalue weighted by molar-refractivity contribution is -0.178. The molecule has 46 heavy (non-hydrogen) atoms. The number of aromatic nitrogens is 2. The first-order valence-electron chi connectivity index (χ1n) is 13.6. The third kappa shape index (κ3) is 5.73. The van der Waals surface area contributed by atoms with Crippen LogP contribution in [0.4, 0.5) is 5.13 Å². The number of hydrogen-bond acceptors (Lipinski definition) is 13. The molecular formula is C26H27N9O8S3. The summed E-state index contributed by atoms with van der Waals surface area (Å²) < 4.78 is 0.504. The van der Waals surface area contributed by atoms with Crippen LogP contribution in [0.5, 0.6) is 0 Å². The number of nitrogens with zero attached hydrogens (tertiary/aromatic N) is 6. The van der Waals surface area contributed by atoms with E-state index in [2.05, 4.69) is 20.8 Å². The molecule has 0 radical (unpaired) electrons. The Kier molecular flexibility index (Phi) is 9.49. The molecule has 2 fully saturated rings. The van der Waals surface area contributed by atoms with E-state index in [-0.39, 0.29) is 60.4 Å². The van der Waals surface area contributed by atoms with Gasteiger partial charge in [-0.05, 0) is 18.1 Å². The van der Waals surface area contributed by atoms with Gasteiger partial charge in [0.15, 0.2) is 10.4 Å². The number of benzene rings is 1. The molecule has 4 heterocycles. The van der Waals surface area contributed by atoms with Crippen LogP contribution in [0.2, 0.25) is 0 Å². The molecule has 17 nitrogen and oxygen atoms in total. The Labute approximate surface area is 273 Å².